The van der Waals surface area contributed by atoms with E-state index in [-0.39, 0.29) is 61.0 Å². The summed E-state index contributed by atoms with van der Waals surface area (Å²) in [6, 6.07) is 12.0. The molecule has 0 spiro atoms. The van der Waals surface area contributed by atoms with Crippen molar-refractivity contribution in [3.63, 3.8) is 0 Å². The molecule has 68 heavy (non-hydrogen) atoms. The topological polar surface area (TPSA) is 174 Å². The molecule has 2 heterocycles. The third kappa shape index (κ3) is 16.0. The number of thiazole rings is 1. The van der Waals surface area contributed by atoms with E-state index in [2.05, 4.69) is 31.7 Å². The van der Waals surface area contributed by atoms with E-state index in [9.17, 15) is 37.5 Å². The van der Waals surface area contributed by atoms with Crippen molar-refractivity contribution >= 4 is 68.9 Å². The molecule has 6 N–H and O–H groups in total. The Bertz CT molecular complexity index is 2310. The van der Waals surface area contributed by atoms with E-state index < -0.39 is 52.6 Å². The van der Waals surface area contributed by atoms with Gasteiger partial charge in [0, 0.05) is 23.0 Å². The van der Waals surface area contributed by atoms with Gasteiger partial charge in [-0.05, 0) is 122 Å². The summed E-state index contributed by atoms with van der Waals surface area (Å²) in [7, 11) is 0. The molecular formula is C50H65F3IN7O6S. The lowest BCUT2D eigenvalue weighted by molar-refractivity contribution is -0.144. The summed E-state index contributed by atoms with van der Waals surface area (Å²) in [4.78, 5) is 65.7. The molecule has 1 aromatic heterocycles. The standard InChI is InChI=1S/C50H65F3IN7O6S/c1-31(33-16-18-34(19-17-33)45-32(2)56-30-68-45)57-48(65)41-28-36(62)29-61(41)49(66)46(50(3,4)5)59-42(63)15-11-9-7-6-8-10-12-24-55-25-13-14-26-67-60-47(64)37-21-22-38(51)43(53)44(37)58-40-23-20-35(54)27-39(40)52/h16-23,27,30-31,36,41,46,55,58,62H,6-15,24-26,28-29H2,1-5H3,(H,57,65)(H,59,63)(H,60,64). The summed E-state index contributed by atoms with van der Waals surface area (Å²) in [6.07, 6.45) is 7.78. The first-order valence-electron chi connectivity index (χ1n) is 23.4. The Balaban J connectivity index is 0.911. The van der Waals surface area contributed by atoms with Gasteiger partial charge in [0.25, 0.3) is 5.91 Å². The fourth-order valence-corrected chi connectivity index (χ4v) is 9.24. The van der Waals surface area contributed by atoms with Gasteiger partial charge in [0.15, 0.2) is 11.6 Å². The zero-order valence-corrected chi connectivity index (χ0v) is 42.5. The third-order valence-electron chi connectivity index (χ3n) is 11.9. The lowest BCUT2D eigenvalue weighted by Crippen LogP contribution is -2.57. The first-order chi connectivity index (χ1) is 32.4. The summed E-state index contributed by atoms with van der Waals surface area (Å²) in [5.41, 5.74) is 5.51. The van der Waals surface area contributed by atoms with Crippen LogP contribution in [0.5, 0.6) is 0 Å². The number of nitrogens with one attached hydrogen (secondary N) is 5. The van der Waals surface area contributed by atoms with E-state index >= 15 is 0 Å². The molecule has 0 saturated carbocycles. The van der Waals surface area contributed by atoms with Crippen LogP contribution in [-0.4, -0.2) is 83.0 Å². The molecule has 0 aliphatic carbocycles. The minimum atomic E-state index is -1.31. The van der Waals surface area contributed by atoms with Gasteiger partial charge < -0.3 is 31.3 Å². The fraction of sp³-hybridized carbons (Fsp3) is 0.500. The molecule has 4 atom stereocenters. The monoisotopic (exact) mass is 1080 g/mol. The zero-order valence-electron chi connectivity index (χ0n) is 39.5. The molecule has 4 aromatic rings. The molecule has 370 valence electrons. The van der Waals surface area contributed by atoms with Crippen molar-refractivity contribution in [3.8, 4) is 10.4 Å². The van der Waals surface area contributed by atoms with E-state index in [1.807, 2.05) is 87.0 Å². The molecule has 5 rings (SSSR count). The van der Waals surface area contributed by atoms with Crippen molar-refractivity contribution in [1.82, 2.24) is 31.3 Å². The number of hydrogen-bond donors (Lipinski definition) is 6. The molecule has 1 aliphatic heterocycles. The van der Waals surface area contributed by atoms with Crippen LogP contribution in [0.25, 0.3) is 10.4 Å². The second-order valence-electron chi connectivity index (χ2n) is 18.4. The quantitative estimate of drug-likeness (QED) is 0.0215. The van der Waals surface area contributed by atoms with Gasteiger partial charge >= 0.3 is 0 Å². The van der Waals surface area contributed by atoms with Crippen molar-refractivity contribution in [2.24, 2.45) is 5.41 Å². The number of likely N-dealkylation sites (tertiary alicyclic amines) is 1. The van der Waals surface area contributed by atoms with E-state index in [0.29, 0.717) is 16.4 Å². The molecule has 1 aliphatic rings. The van der Waals surface area contributed by atoms with Crippen LogP contribution >= 0.6 is 33.9 Å². The van der Waals surface area contributed by atoms with Crippen LogP contribution in [0.2, 0.25) is 0 Å². The first kappa shape index (κ1) is 54.3. The molecule has 0 bridgehead atoms. The molecule has 0 radical (unpaired) electrons. The SMILES string of the molecule is Cc1ncsc1-c1ccc(C(C)NC(=O)C2CC(O)CN2C(=O)C(NC(=O)CCCCCCCCCNCCCCONC(=O)c2ccc(F)c(F)c2Nc2ccc(I)cc2F)C(C)(C)C)cc1. The number of β-amino-alcohol motifs (C(OH)–C–C–N with tert-alkyl or cyclic N) is 1. The lowest BCUT2D eigenvalue weighted by Gasteiger charge is -2.35. The van der Waals surface area contributed by atoms with Gasteiger partial charge in [0.05, 0.1) is 51.8 Å². The van der Waals surface area contributed by atoms with Gasteiger partial charge in [0.1, 0.15) is 17.9 Å². The number of aromatic nitrogens is 1. The number of amides is 4. The number of unbranched alkanes of at least 4 members (excludes halogenated alkanes) is 7. The molecule has 13 nitrogen and oxygen atoms in total. The van der Waals surface area contributed by atoms with Gasteiger partial charge in [-0.25, -0.2) is 23.6 Å². The van der Waals surface area contributed by atoms with Gasteiger partial charge in [-0.15, -0.1) is 11.3 Å². The van der Waals surface area contributed by atoms with Crippen LogP contribution < -0.4 is 26.7 Å². The Kier molecular flexibility index (Phi) is 21.1. The summed E-state index contributed by atoms with van der Waals surface area (Å²) < 4.78 is 43.7. The Morgan fingerprint density at radius 2 is 1.57 bits per heavy atom. The van der Waals surface area contributed by atoms with E-state index in [4.69, 9.17) is 4.84 Å². The highest BCUT2D eigenvalue weighted by Crippen LogP contribution is 2.31. The smallest absolute Gasteiger partial charge is 0.277 e. The minimum absolute atomic E-state index is 0.0137. The van der Waals surface area contributed by atoms with E-state index in [1.165, 1.54) is 17.0 Å². The van der Waals surface area contributed by atoms with Crippen molar-refractivity contribution in [2.45, 2.75) is 129 Å². The second kappa shape index (κ2) is 26.4. The van der Waals surface area contributed by atoms with Crippen molar-refractivity contribution < 1.29 is 42.3 Å². The average Bonchev–Trinajstić information content (AvgIpc) is 3.92. The number of aryl methyl sites for hydroxylation is 1. The maximum Gasteiger partial charge on any atom is 0.277 e. The summed E-state index contributed by atoms with van der Waals surface area (Å²) >= 11 is 3.50. The number of halogens is 4. The maximum atomic E-state index is 14.7. The van der Waals surface area contributed by atoms with Crippen LogP contribution in [0.1, 0.15) is 126 Å². The number of aliphatic hydroxyl groups excluding tert-OH is 1. The number of carbonyl (C=O) groups excluding carboxylic acids is 4. The highest BCUT2D eigenvalue weighted by atomic mass is 127. The normalized spacial score (nSPS) is 15.8. The summed E-state index contributed by atoms with van der Waals surface area (Å²) in [5.74, 6) is -4.92. The predicted octanol–water partition coefficient (Wildman–Crippen LogP) is 9.41. The van der Waals surface area contributed by atoms with E-state index in [0.717, 1.165) is 91.9 Å². The molecule has 4 amide bonds. The predicted molar refractivity (Wildman–Crippen MR) is 268 cm³/mol. The van der Waals surface area contributed by atoms with Gasteiger partial charge in [0.2, 0.25) is 17.7 Å². The van der Waals surface area contributed by atoms with E-state index in [1.54, 1.807) is 17.4 Å². The molecule has 3 aromatic carbocycles. The Morgan fingerprint density at radius 1 is 0.897 bits per heavy atom. The summed E-state index contributed by atoms with van der Waals surface area (Å²) in [5, 5.41) is 22.5. The third-order valence-corrected chi connectivity index (χ3v) is 13.5. The number of anilines is 2. The number of benzene rings is 3. The Labute approximate surface area is 415 Å². The molecule has 4 unspecified atom stereocenters. The zero-order chi connectivity index (χ0) is 49.4. The minimum Gasteiger partial charge on any atom is -0.391 e. The lowest BCUT2D eigenvalue weighted by atomic mass is 9.85. The van der Waals surface area contributed by atoms with Gasteiger partial charge in [-0.2, -0.15) is 0 Å². The number of carbonyl (C=O) groups is 4. The number of nitrogens with zero attached hydrogens (tertiary/aromatic N) is 2. The number of hydrogen-bond acceptors (Lipinski definition) is 10. The fourth-order valence-electron chi connectivity index (χ4n) is 7.98. The van der Waals surface area contributed by atoms with Crippen molar-refractivity contribution in [3.05, 3.63) is 98.0 Å². The van der Waals surface area contributed by atoms with Crippen LogP contribution in [0.15, 0.2) is 60.1 Å². The van der Waals surface area contributed by atoms with Gasteiger partial charge in [-0.1, -0.05) is 77.1 Å². The van der Waals surface area contributed by atoms with Crippen LogP contribution in [0.3, 0.4) is 0 Å². The van der Waals surface area contributed by atoms with Crippen LogP contribution in [0, 0.1) is 33.4 Å². The highest BCUT2D eigenvalue weighted by Gasteiger charge is 2.44. The highest BCUT2D eigenvalue weighted by molar-refractivity contribution is 14.1. The van der Waals surface area contributed by atoms with Crippen LogP contribution in [-0.2, 0) is 19.2 Å². The molecule has 18 heteroatoms. The van der Waals surface area contributed by atoms with Crippen molar-refractivity contribution in [1.29, 1.82) is 0 Å². The first-order valence-corrected chi connectivity index (χ1v) is 25.3. The molecular weight excluding hydrogens is 1010 g/mol. The number of aliphatic hydroxyl groups is 1. The Morgan fingerprint density at radius 3 is 2.24 bits per heavy atom. The number of rotatable bonds is 25. The molecule has 1 fully saturated rings. The van der Waals surface area contributed by atoms with Gasteiger partial charge in [-0.3, -0.25) is 24.0 Å². The second-order valence-corrected chi connectivity index (χ2v) is 20.5. The largest absolute Gasteiger partial charge is 0.391 e. The average molecular weight is 1080 g/mol. The Hall–Kier alpha value is -4.63. The maximum absolute atomic E-state index is 14.7. The summed E-state index contributed by atoms with van der Waals surface area (Å²) in [6.45, 7) is 11.3. The van der Waals surface area contributed by atoms with Crippen LogP contribution in [0.4, 0.5) is 24.5 Å². The molecule has 1 saturated heterocycles. The number of hydroxylamine groups is 1. The van der Waals surface area contributed by atoms with Crippen molar-refractivity contribution in [2.75, 3.05) is 31.6 Å².